The summed E-state index contributed by atoms with van der Waals surface area (Å²) in [6.07, 6.45) is 1.52. The van der Waals surface area contributed by atoms with Crippen molar-refractivity contribution in [3.63, 3.8) is 0 Å². The van der Waals surface area contributed by atoms with E-state index in [-0.39, 0.29) is 4.90 Å². The minimum atomic E-state index is -3.79. The van der Waals surface area contributed by atoms with E-state index < -0.39 is 10.0 Å². The highest BCUT2D eigenvalue weighted by molar-refractivity contribution is 9.10. The lowest BCUT2D eigenvalue weighted by Gasteiger charge is -2.11. The molecule has 24 heavy (non-hydrogen) atoms. The van der Waals surface area contributed by atoms with Crippen LogP contribution in [0.2, 0.25) is 0 Å². The first-order valence-electron chi connectivity index (χ1n) is 7.14. The third-order valence-electron chi connectivity index (χ3n) is 3.51. The van der Waals surface area contributed by atoms with Gasteiger partial charge in [-0.2, -0.15) is 0 Å². The Morgan fingerprint density at radius 1 is 1.12 bits per heavy atom. The lowest BCUT2D eigenvalue weighted by atomic mass is 10.2. The van der Waals surface area contributed by atoms with E-state index in [4.69, 9.17) is 4.74 Å². The molecule has 124 valence electrons. The van der Waals surface area contributed by atoms with Gasteiger partial charge in [-0.3, -0.25) is 0 Å². The smallest absolute Gasteiger partial charge is 0.269 e. The third-order valence-corrected chi connectivity index (χ3v) is 5.81. The number of imidazole rings is 1. The number of aromatic nitrogens is 2. The molecule has 0 bridgehead atoms. The number of ether oxygens (including phenoxy) is 1. The van der Waals surface area contributed by atoms with Gasteiger partial charge in [0, 0.05) is 17.8 Å². The Balaban J connectivity index is 2.18. The molecule has 0 radical (unpaired) electrons. The van der Waals surface area contributed by atoms with Crippen LogP contribution in [0.3, 0.4) is 0 Å². The van der Waals surface area contributed by atoms with Crippen LogP contribution in [0, 0.1) is 6.92 Å². The van der Waals surface area contributed by atoms with Crippen molar-refractivity contribution in [2.45, 2.75) is 11.8 Å². The van der Waals surface area contributed by atoms with E-state index in [2.05, 4.69) is 20.9 Å². The van der Waals surface area contributed by atoms with Gasteiger partial charge in [0.15, 0.2) is 5.82 Å². The number of hydrogen-bond donors (Lipinski definition) is 0. The van der Waals surface area contributed by atoms with Gasteiger partial charge in [0.2, 0.25) is 0 Å². The maximum atomic E-state index is 13.1. The van der Waals surface area contributed by atoms with Crippen molar-refractivity contribution in [1.82, 2.24) is 8.96 Å². The molecule has 3 aromatic rings. The van der Waals surface area contributed by atoms with Crippen LogP contribution in [0.5, 0.6) is 5.75 Å². The van der Waals surface area contributed by atoms with Gasteiger partial charge in [-0.25, -0.2) is 17.4 Å². The van der Waals surface area contributed by atoms with E-state index in [1.165, 1.54) is 29.4 Å². The molecule has 0 aliphatic carbocycles. The summed E-state index contributed by atoms with van der Waals surface area (Å²) in [5.41, 5.74) is 1.36. The lowest BCUT2D eigenvalue weighted by Crippen LogP contribution is -2.13. The summed E-state index contributed by atoms with van der Waals surface area (Å²) in [4.78, 5) is 4.51. The van der Waals surface area contributed by atoms with Gasteiger partial charge in [0.05, 0.1) is 22.2 Å². The van der Waals surface area contributed by atoms with E-state index in [9.17, 15) is 8.42 Å². The molecule has 0 unspecified atom stereocenters. The van der Waals surface area contributed by atoms with Crippen LogP contribution < -0.4 is 4.74 Å². The van der Waals surface area contributed by atoms with Crippen LogP contribution in [-0.4, -0.2) is 24.5 Å². The first-order valence-corrected chi connectivity index (χ1v) is 9.37. The number of hydrogen-bond acceptors (Lipinski definition) is 4. The molecule has 5 nitrogen and oxygen atoms in total. The predicted molar refractivity (Wildman–Crippen MR) is 95.7 cm³/mol. The van der Waals surface area contributed by atoms with Crippen molar-refractivity contribution in [3.05, 3.63) is 64.9 Å². The Morgan fingerprint density at radius 2 is 1.83 bits per heavy atom. The van der Waals surface area contributed by atoms with Gasteiger partial charge in [-0.05, 0) is 35.0 Å². The zero-order valence-electron chi connectivity index (χ0n) is 13.1. The molecule has 3 rings (SSSR count). The summed E-state index contributed by atoms with van der Waals surface area (Å²) < 4.78 is 33.2. The number of benzene rings is 2. The molecular formula is C17H15BrN2O3S. The molecule has 7 heteroatoms. The van der Waals surface area contributed by atoms with Gasteiger partial charge < -0.3 is 4.74 Å². The molecule has 0 atom stereocenters. The van der Waals surface area contributed by atoms with Gasteiger partial charge >= 0.3 is 0 Å². The van der Waals surface area contributed by atoms with Gasteiger partial charge in [-0.15, -0.1) is 0 Å². The van der Waals surface area contributed by atoms with E-state index in [0.717, 1.165) is 5.56 Å². The molecule has 0 aliphatic rings. The summed E-state index contributed by atoms with van der Waals surface area (Å²) in [5.74, 6) is 0.837. The summed E-state index contributed by atoms with van der Waals surface area (Å²) >= 11 is 3.33. The molecule has 1 aromatic heterocycles. The summed E-state index contributed by atoms with van der Waals surface area (Å²) in [7, 11) is -2.30. The van der Waals surface area contributed by atoms with Crippen LogP contribution in [0.4, 0.5) is 0 Å². The normalized spacial score (nSPS) is 11.5. The molecule has 0 amide bonds. The van der Waals surface area contributed by atoms with Gasteiger partial charge in [-0.1, -0.05) is 30.3 Å². The topological polar surface area (TPSA) is 61.2 Å². The Morgan fingerprint density at radius 3 is 2.50 bits per heavy atom. The number of nitrogens with zero attached hydrogens (tertiary/aromatic N) is 2. The minimum absolute atomic E-state index is 0.136. The second-order valence-corrected chi connectivity index (χ2v) is 7.84. The van der Waals surface area contributed by atoms with E-state index in [1.54, 1.807) is 13.0 Å². The zero-order valence-corrected chi connectivity index (χ0v) is 15.5. The van der Waals surface area contributed by atoms with Crippen molar-refractivity contribution in [1.29, 1.82) is 0 Å². The van der Waals surface area contributed by atoms with E-state index >= 15 is 0 Å². The molecule has 0 aliphatic heterocycles. The van der Waals surface area contributed by atoms with Crippen LogP contribution in [0.15, 0.2) is 64.1 Å². The summed E-state index contributed by atoms with van der Waals surface area (Å²) in [6.45, 7) is 1.76. The largest absolute Gasteiger partial charge is 0.496 e. The third kappa shape index (κ3) is 2.97. The maximum absolute atomic E-state index is 13.1. The Labute approximate surface area is 149 Å². The molecular weight excluding hydrogens is 392 g/mol. The van der Waals surface area contributed by atoms with Crippen molar-refractivity contribution < 1.29 is 13.2 Å². The van der Waals surface area contributed by atoms with Crippen LogP contribution >= 0.6 is 15.9 Å². The van der Waals surface area contributed by atoms with E-state index in [0.29, 0.717) is 21.7 Å². The van der Waals surface area contributed by atoms with E-state index in [1.807, 2.05) is 30.3 Å². The predicted octanol–water partition coefficient (Wildman–Crippen LogP) is 3.87. The monoisotopic (exact) mass is 406 g/mol. The quantitative estimate of drug-likeness (QED) is 0.659. The highest BCUT2D eigenvalue weighted by atomic mass is 79.9. The van der Waals surface area contributed by atoms with Crippen LogP contribution in [-0.2, 0) is 10.0 Å². The fraction of sp³-hybridized carbons (Fsp3) is 0.118. The maximum Gasteiger partial charge on any atom is 0.269 e. The second kappa shape index (κ2) is 6.41. The second-order valence-electron chi connectivity index (χ2n) is 5.17. The average Bonchev–Trinajstić information content (AvgIpc) is 2.98. The number of rotatable bonds is 4. The first kappa shape index (κ1) is 16.7. The highest BCUT2D eigenvalue weighted by Crippen LogP contribution is 2.30. The van der Waals surface area contributed by atoms with Gasteiger partial charge in [0.25, 0.3) is 10.0 Å². The Hall–Kier alpha value is -2.12. The molecule has 0 saturated carbocycles. The summed E-state index contributed by atoms with van der Waals surface area (Å²) in [6, 6.07) is 13.9. The van der Waals surface area contributed by atoms with Crippen molar-refractivity contribution in [2.24, 2.45) is 0 Å². The standard InChI is InChI=1S/C17H15BrN2O3S/c1-12-11-20(17(19-12)13-6-4-3-5-7-13)24(21,22)14-8-9-15(18)16(10-14)23-2/h3-11H,1-2H3. The van der Waals surface area contributed by atoms with Crippen LogP contribution in [0.25, 0.3) is 11.4 Å². The zero-order chi connectivity index (χ0) is 17.3. The van der Waals surface area contributed by atoms with Gasteiger partial charge in [0.1, 0.15) is 5.75 Å². The molecule has 2 aromatic carbocycles. The number of halogens is 1. The number of aryl methyl sites for hydroxylation is 1. The van der Waals surface area contributed by atoms with Crippen LogP contribution in [0.1, 0.15) is 5.69 Å². The fourth-order valence-corrected chi connectivity index (χ4v) is 4.15. The number of methoxy groups -OCH3 is 1. The average molecular weight is 407 g/mol. The van der Waals surface area contributed by atoms with Crippen molar-refractivity contribution >= 4 is 26.0 Å². The summed E-state index contributed by atoms with van der Waals surface area (Å²) in [5, 5.41) is 0. The van der Waals surface area contributed by atoms with Crippen molar-refractivity contribution in [2.75, 3.05) is 7.11 Å². The lowest BCUT2D eigenvalue weighted by molar-refractivity contribution is 0.410. The molecule has 1 heterocycles. The first-order chi connectivity index (χ1) is 11.4. The highest BCUT2D eigenvalue weighted by Gasteiger charge is 2.23. The fourth-order valence-electron chi connectivity index (χ4n) is 2.35. The Bertz CT molecular complexity index is 982. The SMILES string of the molecule is COc1cc(S(=O)(=O)n2cc(C)nc2-c2ccccc2)ccc1Br. The van der Waals surface area contributed by atoms with Crippen molar-refractivity contribution in [3.8, 4) is 17.1 Å². The molecule has 0 spiro atoms. The minimum Gasteiger partial charge on any atom is -0.496 e. The molecule has 0 saturated heterocycles. The molecule has 0 fully saturated rings. The molecule has 0 N–H and O–H groups in total. The Kier molecular flexibility index (Phi) is 4.47.